The molecule has 1 amide bonds. The number of pyridine rings is 1. The molecule has 1 aliphatic rings. The van der Waals surface area contributed by atoms with E-state index in [0.29, 0.717) is 5.92 Å². The standard InChI is InChI=1S/C17H28N4O/c1-4-16(20(2)3)17(22)19-13-14-7-11-21(12-8-14)15-5-9-18-10-6-15/h5-6,9-10,14,16H,4,7-8,11-13H2,1-3H3,(H,19,22)/t16-/m0/s1. The van der Waals surface area contributed by atoms with Gasteiger partial charge in [-0.1, -0.05) is 6.92 Å². The summed E-state index contributed by atoms with van der Waals surface area (Å²) in [7, 11) is 3.92. The third-order valence-electron chi connectivity index (χ3n) is 4.52. The molecule has 1 saturated heterocycles. The van der Waals surface area contributed by atoms with Gasteiger partial charge in [-0.3, -0.25) is 14.7 Å². The smallest absolute Gasteiger partial charge is 0.237 e. The van der Waals surface area contributed by atoms with E-state index in [4.69, 9.17) is 0 Å². The molecule has 5 nitrogen and oxygen atoms in total. The first kappa shape index (κ1) is 16.7. The highest BCUT2D eigenvalue weighted by molar-refractivity contribution is 5.81. The predicted molar refractivity (Wildman–Crippen MR) is 89.9 cm³/mol. The highest BCUT2D eigenvalue weighted by atomic mass is 16.2. The molecule has 1 aromatic heterocycles. The normalized spacial score (nSPS) is 17.5. The van der Waals surface area contributed by atoms with Gasteiger partial charge in [0, 0.05) is 37.7 Å². The average Bonchev–Trinajstić information content (AvgIpc) is 2.54. The zero-order chi connectivity index (χ0) is 15.9. The molecule has 0 aromatic carbocycles. The minimum Gasteiger partial charge on any atom is -0.371 e. The first-order valence-corrected chi connectivity index (χ1v) is 8.21. The van der Waals surface area contributed by atoms with Crippen molar-refractivity contribution in [1.29, 1.82) is 0 Å². The highest BCUT2D eigenvalue weighted by Crippen LogP contribution is 2.22. The van der Waals surface area contributed by atoms with E-state index in [2.05, 4.69) is 34.3 Å². The molecule has 2 heterocycles. The van der Waals surface area contributed by atoms with Gasteiger partial charge in [0.2, 0.25) is 5.91 Å². The van der Waals surface area contributed by atoms with Gasteiger partial charge in [0.15, 0.2) is 0 Å². The molecule has 1 N–H and O–H groups in total. The van der Waals surface area contributed by atoms with Crippen molar-refractivity contribution in [2.75, 3.05) is 38.6 Å². The summed E-state index contributed by atoms with van der Waals surface area (Å²) >= 11 is 0. The van der Waals surface area contributed by atoms with Gasteiger partial charge in [0.05, 0.1) is 6.04 Å². The minimum atomic E-state index is -0.0168. The van der Waals surface area contributed by atoms with E-state index >= 15 is 0 Å². The number of likely N-dealkylation sites (N-methyl/N-ethyl adjacent to an activating group) is 1. The lowest BCUT2D eigenvalue weighted by Gasteiger charge is -2.34. The van der Waals surface area contributed by atoms with Gasteiger partial charge >= 0.3 is 0 Å². The maximum absolute atomic E-state index is 12.2. The number of amides is 1. The molecule has 0 saturated carbocycles. The molecule has 0 radical (unpaired) electrons. The second kappa shape index (κ2) is 8.13. The van der Waals surface area contributed by atoms with E-state index in [1.807, 2.05) is 31.4 Å². The summed E-state index contributed by atoms with van der Waals surface area (Å²) in [4.78, 5) is 20.6. The molecule has 0 aliphatic carbocycles. The van der Waals surface area contributed by atoms with Crippen LogP contribution in [0.1, 0.15) is 26.2 Å². The van der Waals surface area contributed by atoms with Crippen molar-refractivity contribution < 1.29 is 4.79 Å². The van der Waals surface area contributed by atoms with Crippen LogP contribution in [-0.4, -0.2) is 55.6 Å². The Labute approximate surface area is 133 Å². The molecule has 2 rings (SSSR count). The second-order valence-corrected chi connectivity index (χ2v) is 6.27. The van der Waals surface area contributed by atoms with Crippen LogP contribution >= 0.6 is 0 Å². The Morgan fingerprint density at radius 1 is 1.36 bits per heavy atom. The van der Waals surface area contributed by atoms with Crippen LogP contribution in [0.15, 0.2) is 24.5 Å². The monoisotopic (exact) mass is 304 g/mol. The number of carbonyl (C=O) groups excluding carboxylic acids is 1. The summed E-state index contributed by atoms with van der Waals surface area (Å²) in [6.45, 7) is 4.95. The minimum absolute atomic E-state index is 0.0168. The van der Waals surface area contributed by atoms with Crippen molar-refractivity contribution in [2.24, 2.45) is 5.92 Å². The predicted octanol–water partition coefficient (Wildman–Crippen LogP) is 1.75. The van der Waals surface area contributed by atoms with Gasteiger partial charge in [-0.05, 0) is 51.4 Å². The van der Waals surface area contributed by atoms with Gasteiger partial charge in [-0.2, -0.15) is 0 Å². The fraction of sp³-hybridized carbons (Fsp3) is 0.647. The molecule has 1 aliphatic heterocycles. The Morgan fingerprint density at radius 3 is 2.55 bits per heavy atom. The number of nitrogens with zero attached hydrogens (tertiary/aromatic N) is 3. The molecular weight excluding hydrogens is 276 g/mol. The van der Waals surface area contributed by atoms with E-state index in [1.165, 1.54) is 5.69 Å². The SMILES string of the molecule is CC[C@@H](C(=O)NCC1CCN(c2ccncc2)CC1)N(C)C. The Kier molecular flexibility index (Phi) is 6.19. The zero-order valence-electron chi connectivity index (χ0n) is 14.0. The number of hydrogen-bond acceptors (Lipinski definition) is 4. The summed E-state index contributed by atoms with van der Waals surface area (Å²) in [5.74, 6) is 0.741. The summed E-state index contributed by atoms with van der Waals surface area (Å²) in [6, 6.07) is 4.10. The van der Waals surface area contributed by atoms with Crippen molar-refractivity contribution >= 4 is 11.6 Å². The lowest BCUT2D eigenvalue weighted by molar-refractivity contribution is -0.125. The number of aromatic nitrogens is 1. The maximum Gasteiger partial charge on any atom is 0.237 e. The quantitative estimate of drug-likeness (QED) is 0.870. The Hall–Kier alpha value is -1.62. The molecule has 1 atom stereocenters. The van der Waals surface area contributed by atoms with Crippen molar-refractivity contribution in [1.82, 2.24) is 15.2 Å². The highest BCUT2D eigenvalue weighted by Gasteiger charge is 2.22. The number of carbonyl (C=O) groups is 1. The van der Waals surface area contributed by atoms with Gasteiger partial charge in [0.1, 0.15) is 0 Å². The maximum atomic E-state index is 12.2. The lowest BCUT2D eigenvalue weighted by atomic mass is 9.96. The molecule has 0 spiro atoms. The van der Waals surface area contributed by atoms with Crippen molar-refractivity contribution in [3.05, 3.63) is 24.5 Å². The van der Waals surface area contributed by atoms with Crippen molar-refractivity contribution in [2.45, 2.75) is 32.2 Å². The third-order valence-corrected chi connectivity index (χ3v) is 4.52. The Bertz CT molecular complexity index is 455. The van der Waals surface area contributed by atoms with Crippen LogP contribution < -0.4 is 10.2 Å². The molecule has 1 aromatic rings. The van der Waals surface area contributed by atoms with Gasteiger partial charge in [-0.15, -0.1) is 0 Å². The number of piperidine rings is 1. The third kappa shape index (κ3) is 4.44. The number of anilines is 1. The zero-order valence-corrected chi connectivity index (χ0v) is 14.0. The van der Waals surface area contributed by atoms with Gasteiger partial charge in [0.25, 0.3) is 0 Å². The number of hydrogen-bond donors (Lipinski definition) is 1. The van der Waals surface area contributed by atoms with E-state index < -0.39 is 0 Å². The summed E-state index contributed by atoms with van der Waals surface area (Å²) < 4.78 is 0. The molecule has 0 bridgehead atoms. The summed E-state index contributed by atoms with van der Waals surface area (Å²) in [5.41, 5.74) is 1.25. The van der Waals surface area contributed by atoms with Crippen LogP contribution in [0.3, 0.4) is 0 Å². The summed E-state index contributed by atoms with van der Waals surface area (Å²) in [6.07, 6.45) is 6.78. The van der Waals surface area contributed by atoms with Crippen molar-refractivity contribution in [3.8, 4) is 0 Å². The summed E-state index contributed by atoms with van der Waals surface area (Å²) in [5, 5.41) is 3.13. The Morgan fingerprint density at radius 2 is 2.00 bits per heavy atom. The fourth-order valence-electron chi connectivity index (χ4n) is 3.10. The second-order valence-electron chi connectivity index (χ2n) is 6.27. The number of rotatable bonds is 6. The van der Waals surface area contributed by atoms with Crippen LogP contribution in [0.5, 0.6) is 0 Å². The van der Waals surface area contributed by atoms with E-state index in [1.54, 1.807) is 0 Å². The van der Waals surface area contributed by atoms with E-state index in [-0.39, 0.29) is 11.9 Å². The van der Waals surface area contributed by atoms with Crippen LogP contribution in [0.25, 0.3) is 0 Å². The number of nitrogens with one attached hydrogen (secondary N) is 1. The van der Waals surface area contributed by atoms with Gasteiger partial charge < -0.3 is 10.2 Å². The largest absolute Gasteiger partial charge is 0.371 e. The first-order chi connectivity index (χ1) is 10.6. The molecule has 1 fully saturated rings. The first-order valence-electron chi connectivity index (χ1n) is 8.21. The van der Waals surface area contributed by atoms with Crippen LogP contribution in [-0.2, 0) is 4.79 Å². The van der Waals surface area contributed by atoms with E-state index in [9.17, 15) is 4.79 Å². The molecular formula is C17H28N4O. The van der Waals surface area contributed by atoms with Crippen LogP contribution in [0, 0.1) is 5.92 Å². The Balaban J connectivity index is 1.75. The van der Waals surface area contributed by atoms with Crippen molar-refractivity contribution in [3.63, 3.8) is 0 Å². The van der Waals surface area contributed by atoms with Gasteiger partial charge in [-0.25, -0.2) is 0 Å². The van der Waals surface area contributed by atoms with E-state index in [0.717, 1.165) is 38.9 Å². The topological polar surface area (TPSA) is 48.5 Å². The van der Waals surface area contributed by atoms with Crippen LogP contribution in [0.2, 0.25) is 0 Å². The molecule has 0 unspecified atom stereocenters. The lowest BCUT2D eigenvalue weighted by Crippen LogP contribution is -2.45. The molecule has 22 heavy (non-hydrogen) atoms. The fourth-order valence-corrected chi connectivity index (χ4v) is 3.10. The molecule has 122 valence electrons. The average molecular weight is 304 g/mol. The molecule has 5 heteroatoms. The van der Waals surface area contributed by atoms with Crippen LogP contribution in [0.4, 0.5) is 5.69 Å².